The highest BCUT2D eigenvalue weighted by Crippen LogP contribution is 2.29. The standard InChI is InChI=1S/C12H11F3N2O4/c13-12(14,15)7-3-1-2-6(4-7)11(21)17-8(10(16)20)5-9(18)19/h1-4,8H,5H2,(H2,16,20)(H,17,21)(H,18,19)/t8-/m1/s1. The number of nitrogens with one attached hydrogen (secondary N) is 1. The second kappa shape index (κ2) is 6.25. The van der Waals surface area contributed by atoms with E-state index in [1.165, 1.54) is 0 Å². The Labute approximate surface area is 116 Å². The first-order chi connectivity index (χ1) is 9.61. The van der Waals surface area contributed by atoms with Gasteiger partial charge in [0.25, 0.3) is 5.91 Å². The lowest BCUT2D eigenvalue weighted by molar-refractivity contribution is -0.139. The fourth-order valence-electron chi connectivity index (χ4n) is 1.48. The van der Waals surface area contributed by atoms with Crippen LogP contribution in [0.25, 0.3) is 0 Å². The molecule has 1 atom stereocenters. The number of amides is 2. The molecule has 1 aromatic rings. The van der Waals surface area contributed by atoms with Crippen LogP contribution in [0.5, 0.6) is 0 Å². The molecule has 0 unspecified atom stereocenters. The van der Waals surface area contributed by atoms with Gasteiger partial charge in [0, 0.05) is 5.56 Å². The van der Waals surface area contributed by atoms with Gasteiger partial charge in [0.1, 0.15) is 6.04 Å². The molecule has 0 saturated carbocycles. The molecule has 0 heterocycles. The lowest BCUT2D eigenvalue weighted by Gasteiger charge is -2.14. The van der Waals surface area contributed by atoms with E-state index < -0.39 is 42.0 Å². The summed E-state index contributed by atoms with van der Waals surface area (Å²) in [6.45, 7) is 0. The van der Waals surface area contributed by atoms with Crippen LogP contribution in [0.1, 0.15) is 22.3 Å². The van der Waals surface area contributed by atoms with Gasteiger partial charge in [-0.05, 0) is 18.2 Å². The normalized spacial score (nSPS) is 12.5. The van der Waals surface area contributed by atoms with Crippen LogP contribution in [0.4, 0.5) is 13.2 Å². The summed E-state index contributed by atoms with van der Waals surface area (Å²) >= 11 is 0. The van der Waals surface area contributed by atoms with Crippen LogP contribution in [-0.4, -0.2) is 28.9 Å². The Morgan fingerprint density at radius 2 is 1.90 bits per heavy atom. The van der Waals surface area contributed by atoms with E-state index in [1.807, 2.05) is 5.32 Å². The number of aliphatic carboxylic acids is 1. The van der Waals surface area contributed by atoms with E-state index in [2.05, 4.69) is 0 Å². The minimum absolute atomic E-state index is 0.360. The van der Waals surface area contributed by atoms with Crippen LogP contribution in [0.15, 0.2) is 24.3 Å². The molecule has 9 heteroatoms. The SMILES string of the molecule is NC(=O)[C@@H](CC(=O)O)NC(=O)c1cccc(C(F)(F)F)c1. The van der Waals surface area contributed by atoms with Crippen LogP contribution in [0.3, 0.4) is 0 Å². The Bertz CT molecular complexity index is 572. The molecule has 0 fully saturated rings. The number of carboxylic acid groups (broad SMARTS) is 1. The summed E-state index contributed by atoms with van der Waals surface area (Å²) in [5.74, 6) is -3.51. The molecule has 21 heavy (non-hydrogen) atoms. The first-order valence-electron chi connectivity index (χ1n) is 5.60. The van der Waals surface area contributed by atoms with Crippen LogP contribution in [0.2, 0.25) is 0 Å². The van der Waals surface area contributed by atoms with Crippen molar-refractivity contribution in [3.63, 3.8) is 0 Å². The van der Waals surface area contributed by atoms with Gasteiger partial charge in [-0.25, -0.2) is 0 Å². The van der Waals surface area contributed by atoms with Crippen LogP contribution in [0, 0.1) is 0 Å². The van der Waals surface area contributed by atoms with Crippen molar-refractivity contribution in [2.75, 3.05) is 0 Å². The summed E-state index contributed by atoms with van der Waals surface area (Å²) in [5, 5.41) is 10.5. The molecule has 2 amide bonds. The molecule has 0 spiro atoms. The number of carbonyl (C=O) groups excluding carboxylic acids is 2. The van der Waals surface area contributed by atoms with Crippen molar-refractivity contribution >= 4 is 17.8 Å². The molecule has 0 aromatic heterocycles. The second-order valence-electron chi connectivity index (χ2n) is 4.10. The van der Waals surface area contributed by atoms with E-state index in [4.69, 9.17) is 10.8 Å². The monoisotopic (exact) mass is 304 g/mol. The van der Waals surface area contributed by atoms with E-state index >= 15 is 0 Å². The lowest BCUT2D eigenvalue weighted by Crippen LogP contribution is -2.45. The average Bonchev–Trinajstić information content (AvgIpc) is 2.36. The quantitative estimate of drug-likeness (QED) is 0.746. The Morgan fingerprint density at radius 3 is 2.38 bits per heavy atom. The van der Waals surface area contributed by atoms with Gasteiger partial charge in [-0.3, -0.25) is 14.4 Å². The van der Waals surface area contributed by atoms with Gasteiger partial charge >= 0.3 is 12.1 Å². The molecular weight excluding hydrogens is 293 g/mol. The molecule has 0 aliphatic heterocycles. The number of hydrogen-bond donors (Lipinski definition) is 3. The van der Waals surface area contributed by atoms with Crippen LogP contribution in [-0.2, 0) is 15.8 Å². The predicted octanol–water partition coefficient (Wildman–Crippen LogP) is 0.764. The molecule has 1 aromatic carbocycles. The third kappa shape index (κ3) is 4.79. The van der Waals surface area contributed by atoms with Crippen molar-refractivity contribution in [3.8, 4) is 0 Å². The Kier molecular flexibility index (Phi) is 4.90. The molecule has 1 rings (SSSR count). The highest BCUT2D eigenvalue weighted by molar-refractivity contribution is 5.98. The summed E-state index contributed by atoms with van der Waals surface area (Å²) in [5.41, 5.74) is 3.52. The number of primary amides is 1. The zero-order valence-corrected chi connectivity index (χ0v) is 10.5. The molecule has 0 aliphatic carbocycles. The first kappa shape index (κ1) is 16.5. The molecule has 4 N–H and O–H groups in total. The number of alkyl halides is 3. The Morgan fingerprint density at radius 1 is 1.29 bits per heavy atom. The number of hydrogen-bond acceptors (Lipinski definition) is 3. The number of nitrogens with two attached hydrogens (primary N) is 1. The lowest BCUT2D eigenvalue weighted by atomic mass is 10.1. The molecule has 0 aliphatic rings. The summed E-state index contributed by atoms with van der Waals surface area (Å²) < 4.78 is 37.5. The average molecular weight is 304 g/mol. The maximum absolute atomic E-state index is 12.5. The molecular formula is C12H11F3N2O4. The van der Waals surface area contributed by atoms with E-state index in [-0.39, 0.29) is 5.56 Å². The number of benzene rings is 1. The smallest absolute Gasteiger partial charge is 0.416 e. The van der Waals surface area contributed by atoms with Crippen molar-refractivity contribution in [1.82, 2.24) is 5.32 Å². The summed E-state index contributed by atoms with van der Waals surface area (Å²) in [6.07, 6.45) is -5.39. The van der Waals surface area contributed by atoms with Crippen LogP contribution < -0.4 is 11.1 Å². The van der Waals surface area contributed by atoms with E-state index in [1.54, 1.807) is 0 Å². The number of halogens is 3. The largest absolute Gasteiger partial charge is 0.481 e. The fraction of sp³-hybridized carbons (Fsp3) is 0.250. The van der Waals surface area contributed by atoms with E-state index in [9.17, 15) is 27.6 Å². The van der Waals surface area contributed by atoms with Gasteiger partial charge in [0.15, 0.2) is 0 Å². The predicted molar refractivity (Wildman–Crippen MR) is 64.1 cm³/mol. The third-order valence-electron chi connectivity index (χ3n) is 2.48. The minimum Gasteiger partial charge on any atom is -0.481 e. The van der Waals surface area contributed by atoms with Crippen molar-refractivity contribution in [1.29, 1.82) is 0 Å². The molecule has 114 valence electrons. The van der Waals surface area contributed by atoms with Gasteiger partial charge in [-0.1, -0.05) is 6.07 Å². The molecule has 6 nitrogen and oxygen atoms in total. The highest BCUT2D eigenvalue weighted by Gasteiger charge is 2.31. The fourth-order valence-corrected chi connectivity index (χ4v) is 1.48. The van der Waals surface area contributed by atoms with Crippen LogP contribution >= 0.6 is 0 Å². The highest BCUT2D eigenvalue weighted by atomic mass is 19.4. The zero-order valence-electron chi connectivity index (χ0n) is 10.5. The number of carbonyl (C=O) groups is 3. The van der Waals surface area contributed by atoms with Gasteiger partial charge in [0.2, 0.25) is 5.91 Å². The topological polar surface area (TPSA) is 109 Å². The van der Waals surface area contributed by atoms with Crippen molar-refractivity contribution < 1.29 is 32.7 Å². The van der Waals surface area contributed by atoms with Crippen molar-refractivity contribution in [2.24, 2.45) is 5.73 Å². The van der Waals surface area contributed by atoms with Gasteiger partial charge in [0.05, 0.1) is 12.0 Å². The molecule has 0 bridgehead atoms. The Balaban J connectivity index is 2.93. The first-order valence-corrected chi connectivity index (χ1v) is 5.60. The number of rotatable bonds is 5. The maximum Gasteiger partial charge on any atom is 0.416 e. The molecule has 0 radical (unpaired) electrons. The maximum atomic E-state index is 12.5. The van der Waals surface area contributed by atoms with Crippen molar-refractivity contribution in [2.45, 2.75) is 18.6 Å². The number of carboxylic acids is 1. The van der Waals surface area contributed by atoms with Crippen molar-refractivity contribution in [3.05, 3.63) is 35.4 Å². The van der Waals surface area contributed by atoms with Gasteiger partial charge < -0.3 is 16.2 Å². The summed E-state index contributed by atoms with van der Waals surface area (Å²) in [4.78, 5) is 33.2. The van der Waals surface area contributed by atoms with E-state index in [0.29, 0.717) is 6.07 Å². The summed E-state index contributed by atoms with van der Waals surface area (Å²) in [7, 11) is 0. The Hall–Kier alpha value is -2.58. The van der Waals surface area contributed by atoms with E-state index in [0.717, 1.165) is 18.2 Å². The van der Waals surface area contributed by atoms with Gasteiger partial charge in [-0.15, -0.1) is 0 Å². The molecule has 0 saturated heterocycles. The minimum atomic E-state index is -4.62. The second-order valence-corrected chi connectivity index (χ2v) is 4.10. The third-order valence-corrected chi connectivity index (χ3v) is 2.48. The summed E-state index contributed by atoms with van der Waals surface area (Å²) in [6, 6.07) is 1.98. The van der Waals surface area contributed by atoms with Gasteiger partial charge in [-0.2, -0.15) is 13.2 Å². The zero-order chi connectivity index (χ0) is 16.2.